The van der Waals surface area contributed by atoms with Crippen LogP contribution in [0.3, 0.4) is 0 Å². The van der Waals surface area contributed by atoms with E-state index < -0.39 is 23.4 Å². The first-order valence-electron chi connectivity index (χ1n) is 11.6. The summed E-state index contributed by atoms with van der Waals surface area (Å²) in [6.45, 7) is 3.68. The summed E-state index contributed by atoms with van der Waals surface area (Å²) in [5.41, 5.74) is 1.58. The molecule has 2 aromatic carbocycles. The Morgan fingerprint density at radius 1 is 1.03 bits per heavy atom. The number of hydrogen-bond donors (Lipinski definition) is 1. The first-order valence-corrected chi connectivity index (χ1v) is 12.5. The van der Waals surface area contributed by atoms with Crippen LogP contribution in [0.25, 0.3) is 10.2 Å². The van der Waals surface area contributed by atoms with Crippen molar-refractivity contribution in [3.05, 3.63) is 92.8 Å². The van der Waals surface area contributed by atoms with Gasteiger partial charge in [-0.05, 0) is 42.7 Å². The second kappa shape index (κ2) is 11.6. The third kappa shape index (κ3) is 6.10. The van der Waals surface area contributed by atoms with Crippen molar-refractivity contribution >= 4 is 45.1 Å². The number of nitrogens with one attached hydrogen (secondary N) is 1. The average Bonchev–Trinajstić information content (AvgIpc) is 3.25. The monoisotopic (exact) mass is 519 g/mol. The van der Waals surface area contributed by atoms with Crippen molar-refractivity contribution < 1.29 is 23.9 Å². The van der Waals surface area contributed by atoms with Crippen molar-refractivity contribution in [3.8, 4) is 0 Å². The molecule has 2 aromatic heterocycles. The highest BCUT2D eigenvalue weighted by Gasteiger charge is 2.21. The van der Waals surface area contributed by atoms with Crippen molar-refractivity contribution in [2.45, 2.75) is 33.4 Å². The van der Waals surface area contributed by atoms with Gasteiger partial charge >= 0.3 is 11.9 Å². The van der Waals surface area contributed by atoms with E-state index in [0.29, 0.717) is 39.5 Å². The number of hydrogen-bond acceptors (Lipinski definition) is 8. The number of carbonyl (C=O) groups is 3. The second-order valence-corrected chi connectivity index (χ2v) is 9.24. The Hall–Kier alpha value is -4.31. The minimum Gasteiger partial charge on any atom is -0.462 e. The van der Waals surface area contributed by atoms with E-state index in [0.717, 1.165) is 16.9 Å². The molecule has 0 aliphatic carbocycles. The summed E-state index contributed by atoms with van der Waals surface area (Å²) in [6.07, 6.45) is 1.98. The van der Waals surface area contributed by atoms with Gasteiger partial charge in [0.2, 0.25) is 5.91 Å². The van der Waals surface area contributed by atoms with Gasteiger partial charge in [0.05, 0.1) is 23.9 Å². The van der Waals surface area contributed by atoms with Gasteiger partial charge in [0, 0.05) is 5.69 Å². The van der Waals surface area contributed by atoms with E-state index in [-0.39, 0.29) is 18.5 Å². The maximum atomic E-state index is 13.1. The number of anilines is 1. The SMILES string of the molecule is CCCOC(=O)c1cccc(NC(=O)Cn2cnc3sc(C(=O)OCc4ccccc4)c(C)c3c2=O)c1. The van der Waals surface area contributed by atoms with Crippen LogP contribution in [-0.4, -0.2) is 34.0 Å². The molecule has 0 atom stereocenters. The quantitative estimate of drug-likeness (QED) is 0.327. The molecule has 1 amide bonds. The highest BCUT2D eigenvalue weighted by atomic mass is 32.1. The van der Waals surface area contributed by atoms with E-state index in [1.807, 2.05) is 37.3 Å². The van der Waals surface area contributed by atoms with Gasteiger partial charge in [-0.3, -0.25) is 14.2 Å². The number of benzene rings is 2. The Morgan fingerprint density at radius 3 is 2.57 bits per heavy atom. The van der Waals surface area contributed by atoms with Crippen molar-refractivity contribution in [2.24, 2.45) is 0 Å². The molecule has 4 rings (SSSR count). The largest absolute Gasteiger partial charge is 0.462 e. The zero-order valence-corrected chi connectivity index (χ0v) is 21.2. The van der Waals surface area contributed by atoms with E-state index in [2.05, 4.69) is 10.3 Å². The Labute approximate surface area is 216 Å². The Morgan fingerprint density at radius 2 is 1.81 bits per heavy atom. The first-order chi connectivity index (χ1) is 17.9. The van der Waals surface area contributed by atoms with E-state index in [4.69, 9.17) is 9.47 Å². The maximum Gasteiger partial charge on any atom is 0.349 e. The zero-order chi connectivity index (χ0) is 26.4. The molecule has 1 N–H and O–H groups in total. The number of amides is 1. The molecule has 0 saturated heterocycles. The highest BCUT2D eigenvalue weighted by Crippen LogP contribution is 2.27. The van der Waals surface area contributed by atoms with Gasteiger partial charge in [-0.2, -0.15) is 0 Å². The molecule has 10 heteroatoms. The maximum absolute atomic E-state index is 13.1. The normalized spacial score (nSPS) is 10.8. The van der Waals surface area contributed by atoms with Crippen LogP contribution < -0.4 is 10.9 Å². The van der Waals surface area contributed by atoms with Crippen molar-refractivity contribution in [1.82, 2.24) is 9.55 Å². The van der Waals surface area contributed by atoms with Crippen molar-refractivity contribution in [1.29, 1.82) is 0 Å². The van der Waals surface area contributed by atoms with Gasteiger partial charge in [0.1, 0.15) is 22.9 Å². The molecule has 0 saturated carbocycles. The molecule has 0 aliphatic rings. The number of ether oxygens (including phenoxy) is 2. The van der Waals surface area contributed by atoms with Crippen molar-refractivity contribution in [2.75, 3.05) is 11.9 Å². The molecule has 0 radical (unpaired) electrons. The summed E-state index contributed by atoms with van der Waals surface area (Å²) < 4.78 is 11.7. The van der Waals surface area contributed by atoms with Crippen LogP contribution in [0.2, 0.25) is 0 Å². The molecular weight excluding hydrogens is 494 g/mol. The smallest absolute Gasteiger partial charge is 0.349 e. The first kappa shape index (κ1) is 25.8. The van der Waals surface area contributed by atoms with Crippen LogP contribution in [0.1, 0.15) is 44.5 Å². The van der Waals surface area contributed by atoms with Crippen LogP contribution in [0.4, 0.5) is 5.69 Å². The van der Waals surface area contributed by atoms with E-state index in [1.165, 1.54) is 17.0 Å². The number of nitrogens with zero attached hydrogens (tertiary/aromatic N) is 2. The topological polar surface area (TPSA) is 117 Å². The molecule has 0 aliphatic heterocycles. The van der Waals surface area contributed by atoms with Crippen LogP contribution in [0, 0.1) is 6.92 Å². The molecule has 2 heterocycles. The molecule has 9 nitrogen and oxygen atoms in total. The van der Waals surface area contributed by atoms with Gasteiger partial charge in [-0.1, -0.05) is 43.3 Å². The van der Waals surface area contributed by atoms with Gasteiger partial charge in [0.15, 0.2) is 0 Å². The lowest BCUT2D eigenvalue weighted by molar-refractivity contribution is -0.116. The Balaban J connectivity index is 1.47. The second-order valence-electron chi connectivity index (χ2n) is 8.24. The predicted octanol–water partition coefficient (Wildman–Crippen LogP) is 4.33. The van der Waals surface area contributed by atoms with Crippen LogP contribution in [0.15, 0.2) is 65.7 Å². The molecule has 0 bridgehead atoms. The van der Waals surface area contributed by atoms with E-state index >= 15 is 0 Å². The summed E-state index contributed by atoms with van der Waals surface area (Å²) >= 11 is 1.08. The molecule has 0 spiro atoms. The Bertz CT molecular complexity index is 1510. The number of aromatic nitrogens is 2. The molecule has 4 aromatic rings. The number of fused-ring (bicyclic) bond motifs is 1. The number of thiophene rings is 1. The standard InChI is InChI=1S/C27H25N3O6S/c1-3-12-35-26(33)19-10-7-11-20(13-19)29-21(31)14-30-16-28-24-22(25(30)32)17(2)23(37-24)27(34)36-15-18-8-5-4-6-9-18/h4-11,13,16H,3,12,14-15H2,1-2H3,(H,29,31). The summed E-state index contributed by atoms with van der Waals surface area (Å²) in [5.74, 6) is -1.49. The fourth-order valence-corrected chi connectivity index (χ4v) is 4.65. The van der Waals surface area contributed by atoms with Crippen molar-refractivity contribution in [3.63, 3.8) is 0 Å². The van der Waals surface area contributed by atoms with Gasteiger partial charge in [0.25, 0.3) is 5.56 Å². The van der Waals surface area contributed by atoms with Crippen LogP contribution in [-0.2, 0) is 27.4 Å². The molecule has 0 unspecified atom stereocenters. The third-order valence-electron chi connectivity index (χ3n) is 5.45. The minimum absolute atomic E-state index is 0.114. The number of rotatable bonds is 9. The summed E-state index contributed by atoms with van der Waals surface area (Å²) in [7, 11) is 0. The summed E-state index contributed by atoms with van der Waals surface area (Å²) in [5, 5.41) is 2.95. The third-order valence-corrected chi connectivity index (χ3v) is 6.63. The van der Waals surface area contributed by atoms with Gasteiger partial charge < -0.3 is 14.8 Å². The molecular formula is C27H25N3O6S. The lowest BCUT2D eigenvalue weighted by atomic mass is 10.2. The Kier molecular flexibility index (Phi) is 8.09. The fourth-order valence-electron chi connectivity index (χ4n) is 3.61. The highest BCUT2D eigenvalue weighted by molar-refractivity contribution is 7.20. The lowest BCUT2D eigenvalue weighted by Crippen LogP contribution is -2.28. The number of esters is 2. The summed E-state index contributed by atoms with van der Waals surface area (Å²) in [4.78, 5) is 55.5. The van der Waals surface area contributed by atoms with Crippen LogP contribution >= 0.6 is 11.3 Å². The van der Waals surface area contributed by atoms with Gasteiger partial charge in [-0.15, -0.1) is 11.3 Å². The zero-order valence-electron chi connectivity index (χ0n) is 20.4. The molecule has 0 fully saturated rings. The predicted molar refractivity (Wildman–Crippen MR) is 140 cm³/mol. The lowest BCUT2D eigenvalue weighted by Gasteiger charge is -2.09. The summed E-state index contributed by atoms with van der Waals surface area (Å²) in [6, 6.07) is 15.7. The van der Waals surface area contributed by atoms with Crippen LogP contribution in [0.5, 0.6) is 0 Å². The molecule has 37 heavy (non-hydrogen) atoms. The fraction of sp³-hybridized carbons (Fsp3) is 0.222. The molecule has 190 valence electrons. The van der Waals surface area contributed by atoms with Gasteiger partial charge in [-0.25, -0.2) is 14.6 Å². The number of carbonyl (C=O) groups excluding carboxylic acids is 3. The van der Waals surface area contributed by atoms with E-state index in [9.17, 15) is 19.2 Å². The minimum atomic E-state index is -0.537. The average molecular weight is 520 g/mol. The van der Waals surface area contributed by atoms with E-state index in [1.54, 1.807) is 25.1 Å². The number of aryl methyl sites for hydroxylation is 1.